The van der Waals surface area contributed by atoms with Crippen molar-refractivity contribution in [2.24, 2.45) is 5.10 Å². The van der Waals surface area contributed by atoms with Crippen LogP contribution in [-0.2, 0) is 0 Å². The average Bonchev–Trinajstić information content (AvgIpc) is 3.19. The number of nitrogens with zero attached hydrogens (tertiary/aromatic N) is 2. The summed E-state index contributed by atoms with van der Waals surface area (Å²) in [6.45, 7) is 0. The van der Waals surface area contributed by atoms with Crippen molar-refractivity contribution >= 4 is 34.0 Å². The minimum atomic E-state index is -0.436. The number of hydrogen-bond acceptors (Lipinski definition) is 4. The largest absolute Gasteiger partial charge is 0.455 e. The van der Waals surface area contributed by atoms with Crippen LogP contribution in [0.2, 0.25) is 0 Å². The summed E-state index contributed by atoms with van der Waals surface area (Å²) in [5, 5.41) is 4.86. The molecule has 122 valence electrons. The first-order valence-electron chi connectivity index (χ1n) is 7.51. The molecule has 0 unspecified atom stereocenters. The summed E-state index contributed by atoms with van der Waals surface area (Å²) in [4.78, 5) is 24.5. The normalized spacial score (nSPS) is 13.7. The zero-order chi connectivity index (χ0) is 17.4. The molecule has 25 heavy (non-hydrogen) atoms. The predicted molar refractivity (Wildman–Crippen MR) is 96.4 cm³/mol. The van der Waals surface area contributed by atoms with Crippen LogP contribution in [0.3, 0.4) is 0 Å². The van der Waals surface area contributed by atoms with E-state index in [-0.39, 0.29) is 0 Å². The maximum Gasteiger partial charge on any atom is 0.282 e. The van der Waals surface area contributed by atoms with Gasteiger partial charge < -0.3 is 4.42 Å². The fourth-order valence-electron chi connectivity index (χ4n) is 2.62. The number of hydrazone groups is 1. The van der Waals surface area contributed by atoms with Gasteiger partial charge in [0, 0.05) is 10.0 Å². The third kappa shape index (κ3) is 2.70. The summed E-state index contributed by atoms with van der Waals surface area (Å²) in [6.07, 6.45) is 1.36. The third-order valence-electron chi connectivity index (χ3n) is 3.84. The highest BCUT2D eigenvalue weighted by Crippen LogP contribution is 2.29. The molecule has 5 nitrogen and oxygen atoms in total. The fourth-order valence-corrected chi connectivity index (χ4v) is 3.10. The highest BCUT2D eigenvalue weighted by molar-refractivity contribution is 9.10. The lowest BCUT2D eigenvalue weighted by Gasteiger charge is -2.04. The number of hydrogen-bond donors (Lipinski definition) is 0. The second-order valence-electron chi connectivity index (χ2n) is 5.39. The van der Waals surface area contributed by atoms with E-state index in [4.69, 9.17) is 4.42 Å². The molecule has 2 heterocycles. The monoisotopic (exact) mass is 394 g/mol. The van der Waals surface area contributed by atoms with Gasteiger partial charge in [-0.2, -0.15) is 10.1 Å². The van der Waals surface area contributed by atoms with Gasteiger partial charge in [-0.05, 0) is 30.3 Å². The van der Waals surface area contributed by atoms with Crippen LogP contribution in [0.15, 0.2) is 74.7 Å². The molecule has 2 aromatic carbocycles. The molecule has 4 rings (SSSR count). The van der Waals surface area contributed by atoms with Gasteiger partial charge in [0.25, 0.3) is 11.8 Å². The zero-order valence-corrected chi connectivity index (χ0v) is 14.4. The van der Waals surface area contributed by atoms with Gasteiger partial charge in [0.05, 0.1) is 17.3 Å². The highest BCUT2D eigenvalue weighted by Gasteiger charge is 2.35. The first-order valence-corrected chi connectivity index (χ1v) is 8.31. The molecule has 1 aromatic heterocycles. The van der Waals surface area contributed by atoms with Gasteiger partial charge >= 0.3 is 0 Å². The van der Waals surface area contributed by atoms with Gasteiger partial charge in [-0.1, -0.05) is 46.3 Å². The van der Waals surface area contributed by atoms with E-state index in [0.717, 1.165) is 15.0 Å². The van der Waals surface area contributed by atoms with Gasteiger partial charge in [-0.25, -0.2) is 0 Å². The minimum Gasteiger partial charge on any atom is -0.455 e. The lowest BCUT2D eigenvalue weighted by Crippen LogP contribution is -2.23. The van der Waals surface area contributed by atoms with E-state index in [1.54, 1.807) is 30.3 Å². The van der Waals surface area contributed by atoms with Gasteiger partial charge in [-0.15, -0.1) is 0 Å². The first-order chi connectivity index (χ1) is 12.1. The van der Waals surface area contributed by atoms with Crippen molar-refractivity contribution in [3.05, 3.63) is 82.0 Å². The van der Waals surface area contributed by atoms with Crippen LogP contribution < -0.4 is 0 Å². The quantitative estimate of drug-likeness (QED) is 0.490. The van der Waals surface area contributed by atoms with E-state index in [0.29, 0.717) is 22.6 Å². The lowest BCUT2D eigenvalue weighted by molar-refractivity contribution is 0.0660. The van der Waals surface area contributed by atoms with E-state index in [2.05, 4.69) is 21.0 Å². The molecule has 6 heteroatoms. The molecule has 0 radical (unpaired) electrons. The third-order valence-corrected chi connectivity index (χ3v) is 4.53. The molecular weight excluding hydrogens is 384 g/mol. The molecule has 1 aliphatic heterocycles. The number of fused-ring (bicyclic) bond motifs is 1. The molecule has 0 fully saturated rings. The van der Waals surface area contributed by atoms with Crippen LogP contribution in [0, 0.1) is 0 Å². The summed E-state index contributed by atoms with van der Waals surface area (Å²) >= 11 is 3.48. The molecule has 0 saturated heterocycles. The van der Waals surface area contributed by atoms with Crippen molar-refractivity contribution < 1.29 is 14.0 Å². The Morgan fingerprint density at radius 1 is 0.840 bits per heavy atom. The van der Waals surface area contributed by atoms with Crippen molar-refractivity contribution in [2.75, 3.05) is 0 Å². The first kappa shape index (κ1) is 15.5. The van der Waals surface area contributed by atoms with Gasteiger partial charge in [0.15, 0.2) is 0 Å². The van der Waals surface area contributed by atoms with Crippen LogP contribution >= 0.6 is 15.9 Å². The van der Waals surface area contributed by atoms with E-state index < -0.39 is 11.8 Å². The fraction of sp³-hybridized carbons (Fsp3) is 0. The van der Waals surface area contributed by atoms with Gasteiger partial charge in [0.2, 0.25) is 0 Å². The predicted octanol–water partition coefficient (Wildman–Crippen LogP) is 4.34. The Labute approximate surface area is 151 Å². The highest BCUT2D eigenvalue weighted by atomic mass is 79.9. The Morgan fingerprint density at radius 2 is 1.44 bits per heavy atom. The van der Waals surface area contributed by atoms with Crippen molar-refractivity contribution in [2.45, 2.75) is 0 Å². The average molecular weight is 395 g/mol. The number of carbonyl (C=O) groups excluding carboxylic acids is 2. The van der Waals surface area contributed by atoms with Crippen LogP contribution in [0.25, 0.3) is 11.3 Å². The summed E-state index contributed by atoms with van der Waals surface area (Å²) in [6, 6.07) is 17.9. The molecule has 0 atom stereocenters. The Kier molecular flexibility index (Phi) is 3.82. The summed E-state index contributed by atoms with van der Waals surface area (Å²) in [5.41, 5.74) is 1.62. The maximum atomic E-state index is 12.3. The van der Waals surface area contributed by atoms with Crippen molar-refractivity contribution in [1.29, 1.82) is 0 Å². The number of halogens is 1. The number of rotatable bonds is 3. The molecule has 0 N–H and O–H groups in total. The number of imide groups is 1. The van der Waals surface area contributed by atoms with Crippen LogP contribution in [0.4, 0.5) is 0 Å². The second kappa shape index (κ2) is 6.14. The number of benzene rings is 2. The molecule has 0 aliphatic carbocycles. The van der Waals surface area contributed by atoms with Crippen LogP contribution in [0.5, 0.6) is 0 Å². The lowest BCUT2D eigenvalue weighted by atomic mass is 10.1. The minimum absolute atomic E-state index is 0.359. The Bertz CT molecular complexity index is 988. The van der Waals surface area contributed by atoms with Gasteiger partial charge in [-0.3, -0.25) is 9.59 Å². The molecule has 2 amide bonds. The van der Waals surface area contributed by atoms with Crippen molar-refractivity contribution in [3.8, 4) is 11.3 Å². The van der Waals surface area contributed by atoms with Crippen molar-refractivity contribution in [1.82, 2.24) is 5.01 Å². The molecule has 1 aliphatic rings. The van der Waals surface area contributed by atoms with Crippen LogP contribution in [0.1, 0.15) is 26.5 Å². The molecular formula is C19H11BrN2O3. The standard InChI is InChI=1S/C19H11BrN2O3/c20-16-8-4-3-7-15(16)17-10-9-12(25-17)11-21-22-18(23)13-5-1-2-6-14(13)19(22)24/h1-11H/b21-11+. The Hall–Kier alpha value is -2.99. The van der Waals surface area contributed by atoms with Crippen molar-refractivity contribution in [3.63, 3.8) is 0 Å². The maximum absolute atomic E-state index is 12.3. The summed E-state index contributed by atoms with van der Waals surface area (Å²) < 4.78 is 6.64. The smallest absolute Gasteiger partial charge is 0.282 e. The van der Waals surface area contributed by atoms with E-state index >= 15 is 0 Å². The topological polar surface area (TPSA) is 62.9 Å². The second-order valence-corrected chi connectivity index (χ2v) is 6.25. The summed E-state index contributed by atoms with van der Waals surface area (Å²) in [7, 11) is 0. The van der Waals surface area contributed by atoms with E-state index in [9.17, 15) is 9.59 Å². The Balaban J connectivity index is 1.59. The number of carbonyl (C=O) groups is 2. The molecule has 0 spiro atoms. The Morgan fingerprint density at radius 3 is 2.08 bits per heavy atom. The van der Waals surface area contributed by atoms with E-state index in [1.165, 1.54) is 6.21 Å². The SMILES string of the molecule is O=C1c2ccccc2C(=O)N1/N=C/c1ccc(-c2ccccc2Br)o1. The van der Waals surface area contributed by atoms with Gasteiger partial charge in [0.1, 0.15) is 11.5 Å². The number of amides is 2. The zero-order valence-electron chi connectivity index (χ0n) is 12.8. The molecule has 3 aromatic rings. The molecule has 0 saturated carbocycles. The molecule has 0 bridgehead atoms. The van der Waals surface area contributed by atoms with E-state index in [1.807, 2.05) is 30.3 Å². The van der Waals surface area contributed by atoms with Crippen LogP contribution in [-0.4, -0.2) is 23.0 Å². The number of furan rings is 1. The summed E-state index contributed by atoms with van der Waals surface area (Å²) in [5.74, 6) is 0.238.